The average Bonchev–Trinajstić information content (AvgIpc) is 2.38. The Labute approximate surface area is 130 Å². The summed E-state index contributed by atoms with van der Waals surface area (Å²) in [4.78, 5) is 0.179. The van der Waals surface area contributed by atoms with Gasteiger partial charge in [0.15, 0.2) is 0 Å². The number of nitrogens with zero attached hydrogens (tertiary/aromatic N) is 1. The van der Waals surface area contributed by atoms with Crippen molar-refractivity contribution in [1.82, 2.24) is 4.31 Å². The van der Waals surface area contributed by atoms with Crippen LogP contribution in [0.4, 0.5) is 0 Å². The molecule has 1 aliphatic heterocycles. The largest absolute Gasteiger partial charge is 0.244 e. The van der Waals surface area contributed by atoms with Crippen molar-refractivity contribution in [2.45, 2.75) is 42.9 Å². The molecule has 0 amide bonds. The normalized spacial score (nSPS) is 18.5. The number of sulfonamides is 1. The molecule has 1 aliphatic rings. The summed E-state index contributed by atoms with van der Waals surface area (Å²) in [5.41, 5.74) is 0.765. The van der Waals surface area contributed by atoms with Gasteiger partial charge >= 0.3 is 0 Å². The van der Waals surface area contributed by atoms with Crippen LogP contribution in [0.1, 0.15) is 37.7 Å². The number of benzene rings is 1. The molecular formula is C14H19Cl2NO2S. The van der Waals surface area contributed by atoms with Crippen molar-refractivity contribution in [3.05, 3.63) is 28.8 Å². The summed E-state index contributed by atoms with van der Waals surface area (Å²) in [6, 6.07) is 4.95. The van der Waals surface area contributed by atoms with Crippen LogP contribution in [0.2, 0.25) is 5.02 Å². The van der Waals surface area contributed by atoms with E-state index in [1.165, 1.54) is 6.42 Å². The van der Waals surface area contributed by atoms with Crippen LogP contribution in [0.15, 0.2) is 23.1 Å². The van der Waals surface area contributed by atoms with Gasteiger partial charge in [-0.25, -0.2) is 8.42 Å². The fourth-order valence-electron chi connectivity index (χ4n) is 2.43. The van der Waals surface area contributed by atoms with Gasteiger partial charge in [0.1, 0.15) is 4.90 Å². The zero-order valence-electron chi connectivity index (χ0n) is 11.3. The Morgan fingerprint density at radius 3 is 2.25 bits per heavy atom. The van der Waals surface area contributed by atoms with Crippen LogP contribution in [0.5, 0.6) is 0 Å². The third-order valence-corrected chi connectivity index (χ3v) is 6.27. The lowest BCUT2D eigenvalue weighted by Gasteiger charge is -2.24. The molecule has 1 heterocycles. The maximum atomic E-state index is 12.7. The molecule has 0 bridgehead atoms. The van der Waals surface area contributed by atoms with Crippen LogP contribution in [-0.4, -0.2) is 25.8 Å². The van der Waals surface area contributed by atoms with Crippen LogP contribution < -0.4 is 0 Å². The number of halogens is 2. The molecule has 0 aromatic heterocycles. The molecule has 3 nitrogen and oxygen atoms in total. The molecular weight excluding hydrogens is 317 g/mol. The Morgan fingerprint density at radius 1 is 1.05 bits per heavy atom. The molecule has 0 N–H and O–H groups in total. The van der Waals surface area contributed by atoms with Crippen molar-refractivity contribution in [3.63, 3.8) is 0 Å². The molecule has 0 radical (unpaired) electrons. The summed E-state index contributed by atoms with van der Waals surface area (Å²) in [6.07, 6.45) is 5.18. The molecule has 112 valence electrons. The van der Waals surface area contributed by atoms with Crippen LogP contribution in [-0.2, 0) is 15.9 Å². The number of hydrogen-bond acceptors (Lipinski definition) is 2. The van der Waals surface area contributed by atoms with Crippen LogP contribution >= 0.6 is 23.2 Å². The zero-order valence-corrected chi connectivity index (χ0v) is 13.6. The van der Waals surface area contributed by atoms with E-state index in [1.807, 2.05) is 0 Å². The second kappa shape index (κ2) is 7.12. The predicted molar refractivity (Wildman–Crippen MR) is 82.9 cm³/mol. The van der Waals surface area contributed by atoms with E-state index in [2.05, 4.69) is 0 Å². The van der Waals surface area contributed by atoms with Gasteiger partial charge < -0.3 is 0 Å². The van der Waals surface area contributed by atoms with Gasteiger partial charge in [-0.15, -0.1) is 11.6 Å². The minimum absolute atomic E-state index is 0.179. The van der Waals surface area contributed by atoms with Gasteiger partial charge in [-0.1, -0.05) is 36.9 Å². The van der Waals surface area contributed by atoms with Crippen molar-refractivity contribution in [3.8, 4) is 0 Å². The highest BCUT2D eigenvalue weighted by atomic mass is 35.5. The highest BCUT2D eigenvalue weighted by molar-refractivity contribution is 7.89. The lowest BCUT2D eigenvalue weighted by molar-refractivity contribution is 0.364. The first-order chi connectivity index (χ1) is 9.55. The van der Waals surface area contributed by atoms with E-state index in [0.717, 1.165) is 31.2 Å². The molecule has 6 heteroatoms. The standard InChI is InChI=1S/C14H19Cl2NO2S/c15-11-12-6-7-13(16)14(10-12)20(18,19)17-8-4-2-1-3-5-9-17/h6-7,10H,1-5,8-9,11H2. The number of rotatable bonds is 3. The molecule has 2 rings (SSSR count). The van der Waals surface area contributed by atoms with Crippen molar-refractivity contribution in [1.29, 1.82) is 0 Å². The maximum absolute atomic E-state index is 12.7. The van der Waals surface area contributed by atoms with Crippen LogP contribution in [0, 0.1) is 0 Å². The third kappa shape index (κ3) is 3.67. The maximum Gasteiger partial charge on any atom is 0.244 e. The fraction of sp³-hybridized carbons (Fsp3) is 0.571. The van der Waals surface area contributed by atoms with Crippen molar-refractivity contribution >= 4 is 33.2 Å². The number of alkyl halides is 1. The first kappa shape index (κ1) is 16.1. The number of hydrogen-bond donors (Lipinski definition) is 0. The van der Waals surface area contributed by atoms with Gasteiger partial charge in [0, 0.05) is 19.0 Å². The molecule has 0 spiro atoms. The molecule has 1 fully saturated rings. The predicted octanol–water partition coefficient (Wildman–Crippen LogP) is 4.03. The van der Waals surface area contributed by atoms with Crippen molar-refractivity contribution < 1.29 is 8.42 Å². The smallest absolute Gasteiger partial charge is 0.207 e. The monoisotopic (exact) mass is 335 g/mol. The zero-order chi connectivity index (χ0) is 14.6. The third-order valence-electron chi connectivity index (χ3n) is 3.58. The highest BCUT2D eigenvalue weighted by Crippen LogP contribution is 2.27. The highest BCUT2D eigenvalue weighted by Gasteiger charge is 2.27. The van der Waals surface area contributed by atoms with E-state index in [9.17, 15) is 8.42 Å². The van der Waals surface area contributed by atoms with E-state index in [-0.39, 0.29) is 15.8 Å². The van der Waals surface area contributed by atoms with Gasteiger partial charge in [-0.05, 0) is 30.5 Å². The fourth-order valence-corrected chi connectivity index (χ4v) is 4.63. The molecule has 20 heavy (non-hydrogen) atoms. The van der Waals surface area contributed by atoms with E-state index < -0.39 is 10.0 Å². The van der Waals surface area contributed by atoms with E-state index in [1.54, 1.807) is 22.5 Å². The minimum Gasteiger partial charge on any atom is -0.207 e. The van der Waals surface area contributed by atoms with Gasteiger partial charge in [-0.2, -0.15) is 4.31 Å². The quantitative estimate of drug-likeness (QED) is 0.782. The molecule has 0 atom stereocenters. The summed E-state index contributed by atoms with van der Waals surface area (Å²) in [5.74, 6) is 0.277. The van der Waals surface area contributed by atoms with Gasteiger partial charge in [0.25, 0.3) is 0 Å². The lowest BCUT2D eigenvalue weighted by Crippen LogP contribution is -2.34. The Hall–Kier alpha value is -0.290. The molecule has 0 unspecified atom stereocenters. The topological polar surface area (TPSA) is 37.4 Å². The Balaban J connectivity index is 2.32. The summed E-state index contributed by atoms with van der Waals surface area (Å²) >= 11 is 11.9. The second-order valence-corrected chi connectivity index (χ2v) is 7.65. The Kier molecular flexibility index (Phi) is 5.73. The van der Waals surface area contributed by atoms with Gasteiger partial charge in [-0.3, -0.25) is 0 Å². The SMILES string of the molecule is O=S(=O)(c1cc(CCl)ccc1Cl)N1CCCCCCC1. The molecule has 1 aromatic rings. The second-order valence-electron chi connectivity index (χ2n) is 5.07. The van der Waals surface area contributed by atoms with Gasteiger partial charge in [0.05, 0.1) is 5.02 Å². The van der Waals surface area contributed by atoms with E-state index in [4.69, 9.17) is 23.2 Å². The molecule has 1 saturated heterocycles. The van der Waals surface area contributed by atoms with Crippen LogP contribution in [0.3, 0.4) is 0 Å². The van der Waals surface area contributed by atoms with Crippen molar-refractivity contribution in [2.24, 2.45) is 0 Å². The summed E-state index contributed by atoms with van der Waals surface area (Å²) in [5, 5.41) is 0.265. The molecule has 1 aromatic carbocycles. The molecule has 0 aliphatic carbocycles. The van der Waals surface area contributed by atoms with E-state index >= 15 is 0 Å². The molecule has 0 saturated carbocycles. The Morgan fingerprint density at radius 2 is 1.65 bits per heavy atom. The first-order valence-corrected chi connectivity index (χ1v) is 9.25. The summed E-state index contributed by atoms with van der Waals surface area (Å²) < 4.78 is 27.0. The summed E-state index contributed by atoms with van der Waals surface area (Å²) in [7, 11) is -3.52. The average molecular weight is 336 g/mol. The van der Waals surface area contributed by atoms with Gasteiger partial charge in [0.2, 0.25) is 10.0 Å². The van der Waals surface area contributed by atoms with Crippen LogP contribution in [0.25, 0.3) is 0 Å². The van der Waals surface area contributed by atoms with Crippen molar-refractivity contribution in [2.75, 3.05) is 13.1 Å². The lowest BCUT2D eigenvalue weighted by atomic mass is 10.1. The van der Waals surface area contributed by atoms with E-state index in [0.29, 0.717) is 13.1 Å². The first-order valence-electron chi connectivity index (χ1n) is 6.90. The Bertz CT molecular complexity index is 552. The minimum atomic E-state index is -3.52. The summed E-state index contributed by atoms with van der Waals surface area (Å²) in [6.45, 7) is 1.15.